The van der Waals surface area contributed by atoms with Crippen LogP contribution in [-0.2, 0) is 24.3 Å². The van der Waals surface area contributed by atoms with Gasteiger partial charge in [0.1, 0.15) is 22.7 Å². The first-order valence-electron chi connectivity index (χ1n) is 12.7. The number of furan rings is 1. The second-order valence-electron chi connectivity index (χ2n) is 9.53. The van der Waals surface area contributed by atoms with Crippen LogP contribution in [0.15, 0.2) is 83.5 Å². The number of benzene rings is 2. The lowest BCUT2D eigenvalue weighted by Crippen LogP contribution is -2.64. The second-order valence-corrected chi connectivity index (χ2v) is 9.97. The lowest BCUT2D eigenvalue weighted by Gasteiger charge is -2.44. The van der Waals surface area contributed by atoms with Crippen molar-refractivity contribution in [2.24, 2.45) is 0 Å². The van der Waals surface area contributed by atoms with Gasteiger partial charge >= 0.3 is 0 Å². The topological polar surface area (TPSA) is 76.7 Å². The summed E-state index contributed by atoms with van der Waals surface area (Å²) in [5, 5.41) is 3.68. The van der Waals surface area contributed by atoms with Crippen molar-refractivity contribution >= 4 is 23.4 Å². The maximum Gasteiger partial charge on any atom is 0.271 e. The van der Waals surface area contributed by atoms with E-state index in [1.54, 1.807) is 35.4 Å². The number of carbonyl (C=O) groups excluding carboxylic acids is 2. The molecule has 1 atom stereocenters. The molecule has 0 fully saturated rings. The molecule has 1 aliphatic rings. The van der Waals surface area contributed by atoms with E-state index in [2.05, 4.69) is 5.32 Å². The third-order valence-electron chi connectivity index (χ3n) is 6.99. The molecule has 0 aliphatic carbocycles. The summed E-state index contributed by atoms with van der Waals surface area (Å²) in [5.41, 5.74) is 2.16. The van der Waals surface area contributed by atoms with Crippen LogP contribution in [0, 0.1) is 0 Å². The van der Waals surface area contributed by atoms with Gasteiger partial charge in [0, 0.05) is 18.1 Å². The van der Waals surface area contributed by atoms with Gasteiger partial charge in [0.25, 0.3) is 5.91 Å². The molecule has 196 valence electrons. The molecule has 1 aliphatic heterocycles. The van der Waals surface area contributed by atoms with Gasteiger partial charge in [0.15, 0.2) is 0 Å². The molecule has 1 N–H and O–H groups in total. The highest BCUT2D eigenvalue weighted by molar-refractivity contribution is 6.30. The van der Waals surface area contributed by atoms with Crippen molar-refractivity contribution in [1.82, 2.24) is 14.8 Å². The molecule has 2 aromatic heterocycles. The quantitative estimate of drug-likeness (QED) is 0.306. The zero-order valence-corrected chi connectivity index (χ0v) is 22.2. The standard InChI is InChI=1S/C30H30ClN3O4/c1-3-37-24-12-8-21(9-13-24)16-17-34-28(35)26-15-14-25(27-5-4-18-38-27)33(26)20-30(34,2)29(36)32-19-22-6-10-23(31)11-7-22/h4-15,18H,3,16-17,19-20H2,1-2H3,(H,32,36)/t30-/m0/s1. The minimum absolute atomic E-state index is 0.191. The summed E-state index contributed by atoms with van der Waals surface area (Å²) in [5.74, 6) is 1.04. The minimum Gasteiger partial charge on any atom is -0.494 e. The van der Waals surface area contributed by atoms with E-state index >= 15 is 0 Å². The Morgan fingerprint density at radius 1 is 1.03 bits per heavy atom. The Bertz CT molecular complexity index is 1410. The Kier molecular flexibility index (Phi) is 7.29. The predicted molar refractivity (Wildman–Crippen MR) is 146 cm³/mol. The van der Waals surface area contributed by atoms with E-state index < -0.39 is 5.54 Å². The van der Waals surface area contributed by atoms with Crippen LogP contribution in [0.3, 0.4) is 0 Å². The number of ether oxygens (including phenoxy) is 1. The van der Waals surface area contributed by atoms with Crippen molar-refractivity contribution in [3.63, 3.8) is 0 Å². The molecule has 7 nitrogen and oxygen atoms in total. The molecule has 0 spiro atoms. The number of halogens is 1. The molecule has 4 aromatic rings. The molecule has 0 saturated carbocycles. The summed E-state index contributed by atoms with van der Waals surface area (Å²) in [7, 11) is 0. The number of amides is 2. The molecule has 2 amide bonds. The number of hydrogen-bond donors (Lipinski definition) is 1. The average molecular weight is 532 g/mol. The minimum atomic E-state index is -1.12. The van der Waals surface area contributed by atoms with Crippen LogP contribution in [-0.4, -0.2) is 40.0 Å². The molecule has 0 saturated heterocycles. The van der Waals surface area contributed by atoms with Crippen LogP contribution >= 0.6 is 11.6 Å². The number of hydrogen-bond acceptors (Lipinski definition) is 4. The molecule has 0 bridgehead atoms. The van der Waals surface area contributed by atoms with Crippen molar-refractivity contribution in [1.29, 1.82) is 0 Å². The van der Waals surface area contributed by atoms with Crippen molar-refractivity contribution in [2.75, 3.05) is 13.2 Å². The fraction of sp³-hybridized carbons (Fsp3) is 0.267. The zero-order valence-electron chi connectivity index (χ0n) is 21.4. The molecule has 0 unspecified atom stereocenters. The van der Waals surface area contributed by atoms with Crippen molar-refractivity contribution in [3.8, 4) is 17.2 Å². The SMILES string of the molecule is CCOc1ccc(CCN2C(=O)c3ccc(-c4ccco4)n3C[C@@]2(C)C(=O)NCc2ccc(Cl)cc2)cc1. The summed E-state index contributed by atoms with van der Waals surface area (Å²) in [4.78, 5) is 29.3. The van der Waals surface area contributed by atoms with E-state index in [0.717, 1.165) is 22.6 Å². The Labute approximate surface area is 227 Å². The second kappa shape index (κ2) is 10.8. The first-order valence-corrected chi connectivity index (χ1v) is 13.1. The molecular weight excluding hydrogens is 502 g/mol. The van der Waals surface area contributed by atoms with Crippen LogP contribution in [0.4, 0.5) is 0 Å². The molecule has 8 heteroatoms. The lowest BCUT2D eigenvalue weighted by molar-refractivity contribution is -0.133. The van der Waals surface area contributed by atoms with E-state index in [9.17, 15) is 9.59 Å². The van der Waals surface area contributed by atoms with Gasteiger partial charge in [0.2, 0.25) is 5.91 Å². The van der Waals surface area contributed by atoms with E-state index in [4.69, 9.17) is 20.8 Å². The van der Waals surface area contributed by atoms with Crippen LogP contribution < -0.4 is 10.1 Å². The molecule has 5 rings (SSSR count). The fourth-order valence-corrected chi connectivity index (χ4v) is 5.02. The zero-order chi connectivity index (χ0) is 26.7. The highest BCUT2D eigenvalue weighted by Gasteiger charge is 2.47. The largest absolute Gasteiger partial charge is 0.494 e. The van der Waals surface area contributed by atoms with Crippen LogP contribution in [0.1, 0.15) is 35.5 Å². The molecule has 3 heterocycles. The first-order chi connectivity index (χ1) is 18.4. The van der Waals surface area contributed by atoms with Gasteiger partial charge in [-0.15, -0.1) is 0 Å². The van der Waals surface area contributed by atoms with Gasteiger partial charge < -0.3 is 23.9 Å². The number of aromatic nitrogens is 1. The maximum atomic E-state index is 13.9. The van der Waals surface area contributed by atoms with E-state index in [1.165, 1.54) is 0 Å². The number of fused-ring (bicyclic) bond motifs is 1. The third-order valence-corrected chi connectivity index (χ3v) is 7.25. The first kappa shape index (κ1) is 25.7. The van der Waals surface area contributed by atoms with Crippen molar-refractivity contribution < 1.29 is 18.7 Å². The predicted octanol–water partition coefficient (Wildman–Crippen LogP) is 5.57. The smallest absolute Gasteiger partial charge is 0.271 e. The molecule has 38 heavy (non-hydrogen) atoms. The van der Waals surface area contributed by atoms with Crippen LogP contribution in [0.5, 0.6) is 5.75 Å². The molecule has 2 aromatic carbocycles. The third kappa shape index (κ3) is 5.07. The Balaban J connectivity index is 1.42. The summed E-state index contributed by atoms with van der Waals surface area (Å²) in [6.45, 7) is 5.39. The van der Waals surface area contributed by atoms with Gasteiger partial charge in [-0.1, -0.05) is 35.9 Å². The number of carbonyl (C=O) groups is 2. The Morgan fingerprint density at radius 3 is 2.42 bits per heavy atom. The van der Waals surface area contributed by atoms with Crippen LogP contribution in [0.25, 0.3) is 11.5 Å². The van der Waals surface area contributed by atoms with Crippen LogP contribution in [0.2, 0.25) is 5.02 Å². The van der Waals surface area contributed by atoms with Gasteiger partial charge in [-0.2, -0.15) is 0 Å². The number of nitrogens with zero attached hydrogens (tertiary/aromatic N) is 2. The lowest BCUT2D eigenvalue weighted by atomic mass is 9.93. The van der Waals surface area contributed by atoms with Crippen molar-refractivity contribution in [2.45, 2.75) is 38.9 Å². The summed E-state index contributed by atoms with van der Waals surface area (Å²) >= 11 is 6.01. The monoisotopic (exact) mass is 531 g/mol. The van der Waals surface area contributed by atoms with Gasteiger partial charge in [0.05, 0.1) is 25.1 Å². The summed E-state index contributed by atoms with van der Waals surface area (Å²) < 4.78 is 13.0. The van der Waals surface area contributed by atoms with Crippen molar-refractivity contribution in [3.05, 3.63) is 101 Å². The number of nitrogens with one attached hydrogen (secondary N) is 1. The number of rotatable bonds is 9. The fourth-order valence-electron chi connectivity index (χ4n) is 4.90. The summed E-state index contributed by atoms with van der Waals surface area (Å²) in [6.07, 6.45) is 2.20. The molecular formula is C30H30ClN3O4. The normalized spacial score (nSPS) is 16.8. The molecule has 0 radical (unpaired) electrons. The van der Waals surface area contributed by atoms with Gasteiger partial charge in [-0.05, 0) is 79.9 Å². The Morgan fingerprint density at radius 2 is 1.74 bits per heavy atom. The summed E-state index contributed by atoms with van der Waals surface area (Å²) in [6, 6.07) is 22.5. The van der Waals surface area contributed by atoms with E-state index in [0.29, 0.717) is 49.1 Å². The maximum absolute atomic E-state index is 13.9. The van der Waals surface area contributed by atoms with Gasteiger partial charge in [-0.3, -0.25) is 9.59 Å². The highest BCUT2D eigenvalue weighted by atomic mass is 35.5. The van der Waals surface area contributed by atoms with Gasteiger partial charge in [-0.25, -0.2) is 0 Å². The van der Waals surface area contributed by atoms with E-state index in [-0.39, 0.29) is 11.8 Å². The Hall–Kier alpha value is -3.97. The highest BCUT2D eigenvalue weighted by Crippen LogP contribution is 2.33. The van der Waals surface area contributed by atoms with E-state index in [1.807, 2.05) is 66.9 Å². The average Bonchev–Trinajstić information content (AvgIpc) is 3.59.